The minimum atomic E-state index is -4.76. The van der Waals surface area contributed by atoms with E-state index in [1.54, 1.807) is 13.0 Å². The summed E-state index contributed by atoms with van der Waals surface area (Å²) >= 11 is 0. The fourth-order valence-electron chi connectivity index (χ4n) is 3.29. The fourth-order valence-corrected chi connectivity index (χ4v) is 3.29. The predicted octanol–water partition coefficient (Wildman–Crippen LogP) is 5.64. The van der Waals surface area contributed by atoms with Crippen LogP contribution in [0.3, 0.4) is 0 Å². The Morgan fingerprint density at radius 1 is 0.960 bits per heavy atom. The Bertz CT molecular complexity index is 576. The molecule has 2 fully saturated rings. The molecule has 0 spiro atoms. The summed E-state index contributed by atoms with van der Waals surface area (Å²) in [7, 11) is 0. The van der Waals surface area contributed by atoms with E-state index >= 15 is 0 Å². The summed E-state index contributed by atoms with van der Waals surface area (Å²) in [5.74, 6) is 1.40. The third-order valence-corrected chi connectivity index (χ3v) is 4.97. The topological polar surface area (TPSA) is 27.7 Å². The van der Waals surface area contributed by atoms with Gasteiger partial charge < -0.3 is 14.2 Å². The first-order valence-corrected chi connectivity index (χ1v) is 9.07. The zero-order chi connectivity index (χ0) is 17.9. The smallest absolute Gasteiger partial charge is 0.493 e. The second-order valence-corrected chi connectivity index (χ2v) is 7.11. The highest BCUT2D eigenvalue weighted by atomic mass is 19.4. The number of halogens is 3. The van der Waals surface area contributed by atoms with Crippen LogP contribution in [0.2, 0.25) is 0 Å². The summed E-state index contributed by atoms with van der Waals surface area (Å²) in [6.45, 7) is 2.52. The molecule has 0 unspecified atom stereocenters. The van der Waals surface area contributed by atoms with Crippen molar-refractivity contribution >= 4 is 0 Å². The maximum atomic E-state index is 12.8. The van der Waals surface area contributed by atoms with Gasteiger partial charge in [-0.2, -0.15) is 0 Å². The molecule has 25 heavy (non-hydrogen) atoms. The Morgan fingerprint density at radius 3 is 2.28 bits per heavy atom. The van der Waals surface area contributed by atoms with Crippen molar-refractivity contribution in [1.29, 1.82) is 0 Å². The van der Waals surface area contributed by atoms with Gasteiger partial charge in [-0.3, -0.25) is 0 Å². The van der Waals surface area contributed by atoms with Crippen LogP contribution in [-0.4, -0.2) is 19.6 Å². The van der Waals surface area contributed by atoms with E-state index in [0.717, 1.165) is 32.1 Å². The average molecular weight is 358 g/mol. The largest absolute Gasteiger partial charge is 0.573 e. The molecule has 0 atom stereocenters. The van der Waals surface area contributed by atoms with E-state index in [2.05, 4.69) is 4.74 Å². The molecule has 0 bridgehead atoms. The number of hydrogen-bond acceptors (Lipinski definition) is 3. The normalized spacial score (nSPS) is 18.4. The molecule has 0 N–H and O–H groups in total. The lowest BCUT2D eigenvalue weighted by molar-refractivity contribution is -0.275. The van der Waals surface area contributed by atoms with Crippen LogP contribution < -0.4 is 14.2 Å². The molecule has 0 aliphatic heterocycles. The van der Waals surface area contributed by atoms with Gasteiger partial charge >= 0.3 is 6.36 Å². The first-order chi connectivity index (χ1) is 11.9. The van der Waals surface area contributed by atoms with Crippen LogP contribution in [0, 0.1) is 18.8 Å². The van der Waals surface area contributed by atoms with Gasteiger partial charge in [-0.05, 0) is 50.2 Å². The zero-order valence-electron chi connectivity index (χ0n) is 14.5. The quantitative estimate of drug-likeness (QED) is 0.602. The predicted molar refractivity (Wildman–Crippen MR) is 88.2 cm³/mol. The molecule has 2 aliphatic carbocycles. The molecule has 0 radical (unpaired) electrons. The first kappa shape index (κ1) is 18.2. The Labute approximate surface area is 146 Å². The van der Waals surface area contributed by atoms with E-state index in [4.69, 9.17) is 9.47 Å². The van der Waals surface area contributed by atoms with Gasteiger partial charge in [0.05, 0.1) is 13.2 Å². The molecule has 1 aromatic carbocycles. The van der Waals surface area contributed by atoms with Gasteiger partial charge in [0.15, 0.2) is 11.5 Å². The Morgan fingerprint density at radius 2 is 1.64 bits per heavy atom. The van der Waals surface area contributed by atoms with E-state index in [-0.39, 0.29) is 11.5 Å². The number of hydrogen-bond donors (Lipinski definition) is 0. The minimum Gasteiger partial charge on any atom is -0.493 e. The molecule has 2 aliphatic rings. The summed E-state index contributed by atoms with van der Waals surface area (Å²) in [5, 5.41) is 0. The molecule has 2 saturated carbocycles. The maximum Gasteiger partial charge on any atom is 0.573 e. The van der Waals surface area contributed by atoms with Gasteiger partial charge in [0.25, 0.3) is 0 Å². The van der Waals surface area contributed by atoms with Crippen molar-refractivity contribution in [3.63, 3.8) is 0 Å². The third-order valence-electron chi connectivity index (χ3n) is 4.97. The standard InChI is InChI=1S/C19H25F3O3/c1-13-16(23-11-10-14-6-7-14)8-9-17(18(13)25-19(20,21)22)24-12-15-4-2-3-5-15/h8-9,14-15H,2-7,10-12H2,1H3. The van der Waals surface area contributed by atoms with Gasteiger partial charge in [0.2, 0.25) is 0 Å². The molecule has 3 rings (SSSR count). The van der Waals surface area contributed by atoms with Gasteiger partial charge in [0.1, 0.15) is 5.75 Å². The lowest BCUT2D eigenvalue weighted by atomic mass is 10.1. The second kappa shape index (κ2) is 7.75. The Kier molecular flexibility index (Phi) is 5.64. The summed E-state index contributed by atoms with van der Waals surface area (Å²) in [4.78, 5) is 0. The first-order valence-electron chi connectivity index (χ1n) is 9.07. The van der Waals surface area contributed by atoms with Crippen molar-refractivity contribution in [3.05, 3.63) is 17.7 Å². The molecule has 140 valence electrons. The van der Waals surface area contributed by atoms with E-state index in [9.17, 15) is 13.2 Å². The minimum absolute atomic E-state index is 0.135. The van der Waals surface area contributed by atoms with Crippen LogP contribution in [0.4, 0.5) is 13.2 Å². The average Bonchev–Trinajstić information content (AvgIpc) is 3.21. The van der Waals surface area contributed by atoms with Crippen molar-refractivity contribution in [2.75, 3.05) is 13.2 Å². The van der Waals surface area contributed by atoms with Crippen LogP contribution in [0.1, 0.15) is 50.5 Å². The SMILES string of the molecule is Cc1c(OCCC2CC2)ccc(OCC2CCCC2)c1OC(F)(F)F. The molecule has 1 aromatic rings. The van der Waals surface area contributed by atoms with Gasteiger partial charge in [-0.15, -0.1) is 13.2 Å². The summed E-state index contributed by atoms with van der Waals surface area (Å²) < 4.78 is 54.1. The number of rotatable bonds is 8. The molecule has 0 amide bonds. The van der Waals surface area contributed by atoms with E-state index in [1.165, 1.54) is 18.9 Å². The molecule has 0 aromatic heterocycles. The van der Waals surface area contributed by atoms with Gasteiger partial charge in [0, 0.05) is 5.56 Å². The number of alkyl halides is 3. The van der Waals surface area contributed by atoms with Crippen LogP contribution in [0.5, 0.6) is 17.2 Å². The molecule has 3 nitrogen and oxygen atoms in total. The summed E-state index contributed by atoms with van der Waals surface area (Å²) in [6.07, 6.45) is 3.07. The maximum absolute atomic E-state index is 12.8. The van der Waals surface area contributed by atoms with Crippen LogP contribution in [-0.2, 0) is 0 Å². The second-order valence-electron chi connectivity index (χ2n) is 7.11. The van der Waals surface area contributed by atoms with Crippen LogP contribution in [0.25, 0.3) is 0 Å². The van der Waals surface area contributed by atoms with Crippen molar-refractivity contribution in [2.24, 2.45) is 11.8 Å². The molecular weight excluding hydrogens is 333 g/mol. The molecule has 0 heterocycles. The van der Waals surface area contributed by atoms with E-state index in [1.807, 2.05) is 0 Å². The molecule has 0 saturated heterocycles. The van der Waals surface area contributed by atoms with Gasteiger partial charge in [-0.1, -0.05) is 25.7 Å². The van der Waals surface area contributed by atoms with Gasteiger partial charge in [-0.25, -0.2) is 0 Å². The molecular formula is C19H25F3O3. The van der Waals surface area contributed by atoms with E-state index < -0.39 is 6.36 Å². The van der Waals surface area contributed by atoms with Crippen LogP contribution in [0.15, 0.2) is 12.1 Å². The van der Waals surface area contributed by atoms with Crippen molar-refractivity contribution < 1.29 is 27.4 Å². The number of benzene rings is 1. The lowest BCUT2D eigenvalue weighted by Crippen LogP contribution is -2.19. The highest BCUT2D eigenvalue weighted by Crippen LogP contribution is 2.41. The summed E-state index contributed by atoms with van der Waals surface area (Å²) in [5.41, 5.74) is 0.331. The summed E-state index contributed by atoms with van der Waals surface area (Å²) in [6, 6.07) is 3.20. The van der Waals surface area contributed by atoms with Crippen molar-refractivity contribution in [3.8, 4) is 17.2 Å². The Hall–Kier alpha value is -1.59. The highest BCUT2D eigenvalue weighted by molar-refractivity contribution is 5.53. The number of ether oxygens (including phenoxy) is 3. The monoisotopic (exact) mass is 358 g/mol. The fraction of sp³-hybridized carbons (Fsp3) is 0.684. The van der Waals surface area contributed by atoms with Crippen molar-refractivity contribution in [2.45, 2.75) is 58.2 Å². The lowest BCUT2D eigenvalue weighted by Gasteiger charge is -2.20. The van der Waals surface area contributed by atoms with E-state index in [0.29, 0.717) is 36.4 Å². The van der Waals surface area contributed by atoms with Crippen LogP contribution >= 0.6 is 0 Å². The third kappa shape index (κ3) is 5.44. The zero-order valence-corrected chi connectivity index (χ0v) is 14.5. The molecule has 6 heteroatoms. The Balaban J connectivity index is 1.70. The van der Waals surface area contributed by atoms with Crippen molar-refractivity contribution in [1.82, 2.24) is 0 Å². The highest BCUT2D eigenvalue weighted by Gasteiger charge is 2.34.